The standard InChI is InChI=1S/C16H17NO4/c18-15(19)13-11-6-7-12(8-11)14(13)17-16(20)21-9-10-4-2-1-3-5-10/h1-7,11-14H,8-9H2,(H,17,20)(H,18,19)/p-1/t11-,12+,13+,14+/m1/s1. The molecule has 5 nitrogen and oxygen atoms in total. The van der Waals surface area contributed by atoms with E-state index in [9.17, 15) is 14.7 Å². The van der Waals surface area contributed by atoms with Crippen LogP contribution in [0.2, 0.25) is 0 Å². The molecule has 2 aliphatic rings. The monoisotopic (exact) mass is 286 g/mol. The molecular weight excluding hydrogens is 270 g/mol. The van der Waals surface area contributed by atoms with E-state index in [1.807, 2.05) is 42.5 Å². The Labute approximate surface area is 122 Å². The van der Waals surface area contributed by atoms with E-state index in [1.165, 1.54) is 0 Å². The minimum Gasteiger partial charge on any atom is -0.550 e. The highest BCUT2D eigenvalue weighted by Gasteiger charge is 2.46. The zero-order valence-electron chi connectivity index (χ0n) is 11.4. The Balaban J connectivity index is 1.57. The summed E-state index contributed by atoms with van der Waals surface area (Å²) in [4.78, 5) is 23.1. The van der Waals surface area contributed by atoms with Crippen molar-refractivity contribution in [3.63, 3.8) is 0 Å². The van der Waals surface area contributed by atoms with E-state index in [-0.39, 0.29) is 18.4 Å². The molecule has 1 aromatic rings. The van der Waals surface area contributed by atoms with Crippen LogP contribution in [-0.4, -0.2) is 18.1 Å². The van der Waals surface area contributed by atoms with Gasteiger partial charge in [-0.3, -0.25) is 0 Å². The maximum absolute atomic E-state index is 11.8. The molecule has 5 heteroatoms. The third kappa shape index (κ3) is 2.77. The lowest BCUT2D eigenvalue weighted by Gasteiger charge is -2.29. The molecule has 0 saturated heterocycles. The number of rotatable bonds is 4. The summed E-state index contributed by atoms with van der Waals surface area (Å²) in [6.07, 6.45) is 4.03. The van der Waals surface area contributed by atoms with Gasteiger partial charge in [-0.05, 0) is 23.8 Å². The molecule has 0 aromatic heterocycles. The number of ether oxygens (including phenoxy) is 1. The highest BCUT2D eigenvalue weighted by Crippen LogP contribution is 2.43. The summed E-state index contributed by atoms with van der Waals surface area (Å²) in [5.74, 6) is -1.76. The summed E-state index contributed by atoms with van der Waals surface area (Å²) in [6.45, 7) is 0.166. The third-order valence-corrected chi connectivity index (χ3v) is 4.23. The third-order valence-electron chi connectivity index (χ3n) is 4.23. The number of aliphatic carboxylic acids is 1. The van der Waals surface area contributed by atoms with Crippen LogP contribution in [-0.2, 0) is 16.1 Å². The molecule has 0 heterocycles. The number of carbonyl (C=O) groups is 2. The number of amides is 1. The first-order valence-electron chi connectivity index (χ1n) is 7.01. The fourth-order valence-electron chi connectivity index (χ4n) is 3.24. The Kier molecular flexibility index (Phi) is 3.64. The van der Waals surface area contributed by atoms with E-state index in [1.54, 1.807) is 0 Å². The smallest absolute Gasteiger partial charge is 0.407 e. The minimum absolute atomic E-state index is 0.0422. The summed E-state index contributed by atoms with van der Waals surface area (Å²) in [5, 5.41) is 13.9. The Morgan fingerprint density at radius 1 is 1.19 bits per heavy atom. The highest BCUT2D eigenvalue weighted by molar-refractivity contribution is 5.74. The molecule has 4 atom stereocenters. The van der Waals surface area contributed by atoms with Gasteiger partial charge in [-0.25, -0.2) is 4.79 Å². The van der Waals surface area contributed by atoms with Crippen molar-refractivity contribution < 1.29 is 19.4 Å². The number of carbonyl (C=O) groups excluding carboxylic acids is 2. The summed E-state index contributed by atoms with van der Waals surface area (Å²) in [6, 6.07) is 8.89. The van der Waals surface area contributed by atoms with Crippen molar-refractivity contribution in [1.82, 2.24) is 5.32 Å². The highest BCUT2D eigenvalue weighted by atomic mass is 16.5. The number of benzene rings is 1. The number of allylic oxidation sites excluding steroid dienone is 1. The van der Waals surface area contributed by atoms with Crippen molar-refractivity contribution in [2.45, 2.75) is 19.1 Å². The molecule has 1 N–H and O–H groups in total. The molecule has 0 unspecified atom stereocenters. The van der Waals surface area contributed by atoms with Gasteiger partial charge in [-0.2, -0.15) is 0 Å². The fraction of sp³-hybridized carbons (Fsp3) is 0.375. The van der Waals surface area contributed by atoms with Gasteiger partial charge in [-0.15, -0.1) is 0 Å². The average Bonchev–Trinajstić information content (AvgIpc) is 3.07. The van der Waals surface area contributed by atoms with Gasteiger partial charge in [0, 0.05) is 17.9 Å². The van der Waals surface area contributed by atoms with Gasteiger partial charge in [-0.1, -0.05) is 42.5 Å². The fourth-order valence-corrected chi connectivity index (χ4v) is 3.24. The van der Waals surface area contributed by atoms with Crippen molar-refractivity contribution in [1.29, 1.82) is 0 Å². The van der Waals surface area contributed by atoms with E-state index >= 15 is 0 Å². The molecule has 0 spiro atoms. The molecule has 0 aliphatic heterocycles. The van der Waals surface area contributed by atoms with Gasteiger partial charge in [0.15, 0.2) is 0 Å². The van der Waals surface area contributed by atoms with Crippen LogP contribution in [0.5, 0.6) is 0 Å². The predicted molar refractivity (Wildman–Crippen MR) is 72.8 cm³/mol. The molecule has 2 aliphatic carbocycles. The van der Waals surface area contributed by atoms with E-state index in [0.717, 1.165) is 12.0 Å². The van der Waals surface area contributed by atoms with E-state index in [2.05, 4.69) is 5.32 Å². The van der Waals surface area contributed by atoms with Crippen LogP contribution in [0.15, 0.2) is 42.5 Å². The second-order valence-corrected chi connectivity index (χ2v) is 5.52. The first-order valence-corrected chi connectivity index (χ1v) is 7.01. The normalized spacial score (nSPS) is 29.3. The number of hydrogen-bond acceptors (Lipinski definition) is 4. The Morgan fingerprint density at radius 3 is 2.62 bits per heavy atom. The number of nitrogens with one attached hydrogen (secondary N) is 1. The molecule has 1 fully saturated rings. The van der Waals surface area contributed by atoms with E-state index < -0.39 is 24.0 Å². The summed E-state index contributed by atoms with van der Waals surface area (Å²) in [7, 11) is 0. The summed E-state index contributed by atoms with van der Waals surface area (Å²) < 4.78 is 5.14. The summed E-state index contributed by atoms with van der Waals surface area (Å²) in [5.41, 5.74) is 0.886. The molecule has 2 bridgehead atoms. The lowest BCUT2D eigenvalue weighted by Crippen LogP contribution is -2.49. The van der Waals surface area contributed by atoms with Crippen LogP contribution in [0.3, 0.4) is 0 Å². The largest absolute Gasteiger partial charge is 0.550 e. The maximum atomic E-state index is 11.8. The average molecular weight is 286 g/mol. The maximum Gasteiger partial charge on any atom is 0.407 e. The van der Waals surface area contributed by atoms with Crippen LogP contribution in [0.25, 0.3) is 0 Å². The van der Waals surface area contributed by atoms with Crippen LogP contribution in [0, 0.1) is 17.8 Å². The molecule has 21 heavy (non-hydrogen) atoms. The zero-order valence-corrected chi connectivity index (χ0v) is 11.4. The number of fused-ring (bicyclic) bond motifs is 2. The van der Waals surface area contributed by atoms with Gasteiger partial charge in [0.2, 0.25) is 0 Å². The molecule has 1 saturated carbocycles. The molecule has 0 radical (unpaired) electrons. The number of carboxylic acids is 1. The first-order chi connectivity index (χ1) is 10.1. The van der Waals surface area contributed by atoms with Crippen LogP contribution >= 0.6 is 0 Å². The van der Waals surface area contributed by atoms with Crippen LogP contribution < -0.4 is 10.4 Å². The Morgan fingerprint density at radius 2 is 1.90 bits per heavy atom. The van der Waals surface area contributed by atoms with Gasteiger partial charge >= 0.3 is 6.09 Å². The van der Waals surface area contributed by atoms with Crippen molar-refractivity contribution in [2.24, 2.45) is 17.8 Å². The first kappa shape index (κ1) is 13.7. The number of hydrogen-bond donors (Lipinski definition) is 1. The van der Waals surface area contributed by atoms with Crippen molar-refractivity contribution in [3.8, 4) is 0 Å². The van der Waals surface area contributed by atoms with Crippen molar-refractivity contribution >= 4 is 12.1 Å². The van der Waals surface area contributed by atoms with Gasteiger partial charge in [0.05, 0.1) is 0 Å². The van der Waals surface area contributed by atoms with Gasteiger partial charge < -0.3 is 20.0 Å². The second-order valence-electron chi connectivity index (χ2n) is 5.52. The van der Waals surface area contributed by atoms with Crippen molar-refractivity contribution in [3.05, 3.63) is 48.0 Å². The van der Waals surface area contributed by atoms with E-state index in [0.29, 0.717) is 0 Å². The summed E-state index contributed by atoms with van der Waals surface area (Å²) >= 11 is 0. The second kappa shape index (κ2) is 5.60. The Bertz CT molecular complexity index is 569. The Hall–Kier alpha value is -2.30. The lowest BCUT2D eigenvalue weighted by molar-refractivity contribution is -0.313. The predicted octanol–water partition coefficient (Wildman–Crippen LogP) is 0.853. The van der Waals surface area contributed by atoms with Crippen LogP contribution in [0.4, 0.5) is 4.79 Å². The molecule has 1 amide bonds. The molecule has 3 rings (SSSR count). The molecule has 1 aromatic carbocycles. The molecular formula is C16H16NO4-. The quantitative estimate of drug-likeness (QED) is 0.832. The number of carboxylic acid groups (broad SMARTS) is 1. The van der Waals surface area contributed by atoms with Crippen LogP contribution in [0.1, 0.15) is 12.0 Å². The van der Waals surface area contributed by atoms with Crippen molar-refractivity contribution in [2.75, 3.05) is 0 Å². The van der Waals surface area contributed by atoms with E-state index in [4.69, 9.17) is 4.74 Å². The minimum atomic E-state index is -1.11. The SMILES string of the molecule is O=C(N[C@@H]1[C@@H](C(=O)[O-])[C@@H]2C=C[C@H]1C2)OCc1ccccc1. The number of alkyl carbamates (subject to hydrolysis) is 1. The zero-order chi connectivity index (χ0) is 14.8. The van der Waals surface area contributed by atoms with Gasteiger partial charge in [0.25, 0.3) is 0 Å². The molecule has 110 valence electrons. The van der Waals surface area contributed by atoms with Gasteiger partial charge in [0.1, 0.15) is 6.61 Å². The topological polar surface area (TPSA) is 78.5 Å². The lowest BCUT2D eigenvalue weighted by atomic mass is 9.89.